The van der Waals surface area contributed by atoms with Crippen molar-refractivity contribution in [3.8, 4) is 0 Å². The molecule has 10 heteroatoms. The maximum atomic E-state index is 13.3. The van der Waals surface area contributed by atoms with Crippen LogP contribution in [0.1, 0.15) is 38.3 Å². The van der Waals surface area contributed by atoms with Crippen molar-refractivity contribution in [1.29, 1.82) is 0 Å². The van der Waals surface area contributed by atoms with Crippen molar-refractivity contribution in [3.63, 3.8) is 0 Å². The van der Waals surface area contributed by atoms with Gasteiger partial charge in [-0.2, -0.15) is 18.2 Å². The molecule has 1 aromatic rings. The highest BCUT2D eigenvalue weighted by molar-refractivity contribution is 7.80. The molecule has 0 unspecified atom stereocenters. The number of hydrogen-bond donors (Lipinski definition) is 2. The quantitative estimate of drug-likeness (QED) is 0.749. The van der Waals surface area contributed by atoms with Crippen LogP contribution in [0.5, 0.6) is 0 Å². The van der Waals surface area contributed by atoms with E-state index in [9.17, 15) is 13.2 Å². The van der Waals surface area contributed by atoms with Crippen LogP contribution in [0, 0.1) is 5.92 Å². The normalized spacial score (nSPS) is 23.3. The van der Waals surface area contributed by atoms with E-state index in [-0.39, 0.29) is 23.0 Å². The summed E-state index contributed by atoms with van der Waals surface area (Å²) < 4.78 is 45.3. The zero-order chi connectivity index (χ0) is 19.4. The van der Waals surface area contributed by atoms with Gasteiger partial charge in [-0.25, -0.2) is 4.98 Å². The molecule has 0 spiro atoms. The van der Waals surface area contributed by atoms with Crippen molar-refractivity contribution in [1.82, 2.24) is 15.3 Å². The summed E-state index contributed by atoms with van der Waals surface area (Å²) in [4.78, 5) is 9.75. The molecule has 2 N–H and O–H groups in total. The summed E-state index contributed by atoms with van der Waals surface area (Å²) in [6.45, 7) is 4.67. The number of aromatic nitrogens is 2. The second-order valence-corrected chi connectivity index (χ2v) is 7.50. The number of thiocarbonyl (C=S) groups is 1. The average Bonchev–Trinajstić information content (AvgIpc) is 3.12. The van der Waals surface area contributed by atoms with Gasteiger partial charge < -0.3 is 20.3 Å². The van der Waals surface area contributed by atoms with E-state index < -0.39 is 11.9 Å². The zero-order valence-corrected chi connectivity index (χ0v) is 16.0. The van der Waals surface area contributed by atoms with Crippen LogP contribution in [0.15, 0.2) is 6.07 Å². The third-order valence-corrected chi connectivity index (χ3v) is 4.97. The van der Waals surface area contributed by atoms with E-state index >= 15 is 0 Å². The maximum absolute atomic E-state index is 13.3. The number of nitrogens with zero attached hydrogens (tertiary/aromatic N) is 3. The van der Waals surface area contributed by atoms with Crippen molar-refractivity contribution >= 4 is 29.1 Å². The van der Waals surface area contributed by atoms with Gasteiger partial charge in [0, 0.05) is 32.3 Å². The molecule has 0 aliphatic carbocycles. The van der Waals surface area contributed by atoms with Gasteiger partial charge >= 0.3 is 6.18 Å². The van der Waals surface area contributed by atoms with Crippen LogP contribution >= 0.6 is 12.2 Å². The smallest absolute Gasteiger partial charge is 0.376 e. The molecule has 0 saturated carbocycles. The Kier molecular flexibility index (Phi) is 6.36. The van der Waals surface area contributed by atoms with E-state index in [0.717, 1.165) is 38.4 Å². The van der Waals surface area contributed by atoms with E-state index in [0.29, 0.717) is 25.6 Å². The molecule has 150 valence electrons. The van der Waals surface area contributed by atoms with Gasteiger partial charge in [-0.1, -0.05) is 6.92 Å². The highest BCUT2D eigenvalue weighted by atomic mass is 32.1. The summed E-state index contributed by atoms with van der Waals surface area (Å²) >= 11 is 5.17. The van der Waals surface area contributed by atoms with Gasteiger partial charge in [0.2, 0.25) is 5.95 Å². The molecule has 6 nitrogen and oxygen atoms in total. The number of ether oxygens (including phenoxy) is 1. The molecule has 1 aromatic heterocycles. The van der Waals surface area contributed by atoms with Gasteiger partial charge in [-0.15, -0.1) is 0 Å². The van der Waals surface area contributed by atoms with Gasteiger partial charge in [0.1, 0.15) is 5.82 Å². The Bertz CT molecular complexity index is 666. The lowest BCUT2D eigenvalue weighted by Gasteiger charge is -2.32. The largest absolute Gasteiger partial charge is 0.433 e. The molecule has 2 atom stereocenters. The molecule has 2 fully saturated rings. The van der Waals surface area contributed by atoms with E-state index in [2.05, 4.69) is 27.5 Å². The SMILES string of the molecule is C[C@@H]1CCCN(c2cc(C(F)(F)F)nc(NC(=S)NC[C@@H]3CCCO3)n2)C1. The number of hydrogen-bond acceptors (Lipinski definition) is 5. The third-order valence-electron chi connectivity index (χ3n) is 4.72. The van der Waals surface area contributed by atoms with Gasteiger partial charge in [0.05, 0.1) is 6.10 Å². The number of rotatable bonds is 4. The predicted molar refractivity (Wildman–Crippen MR) is 101 cm³/mol. The van der Waals surface area contributed by atoms with Crippen LogP contribution in [-0.2, 0) is 10.9 Å². The van der Waals surface area contributed by atoms with E-state index in [4.69, 9.17) is 17.0 Å². The Morgan fingerprint density at radius 3 is 2.81 bits per heavy atom. The van der Waals surface area contributed by atoms with Crippen LogP contribution in [0.2, 0.25) is 0 Å². The second kappa shape index (κ2) is 8.55. The summed E-state index contributed by atoms with van der Waals surface area (Å²) in [7, 11) is 0. The molecule has 2 aliphatic rings. The molecular formula is C17H24F3N5OS. The highest BCUT2D eigenvalue weighted by Crippen LogP contribution is 2.31. The zero-order valence-electron chi connectivity index (χ0n) is 15.2. The van der Waals surface area contributed by atoms with Gasteiger partial charge in [0.15, 0.2) is 10.8 Å². The minimum absolute atomic E-state index is 0.0672. The summed E-state index contributed by atoms with van der Waals surface area (Å²) in [6, 6.07) is 1.01. The van der Waals surface area contributed by atoms with Crippen LogP contribution in [0.3, 0.4) is 0 Å². The first-order chi connectivity index (χ1) is 12.8. The molecule has 0 radical (unpaired) electrons. The van der Waals surface area contributed by atoms with Crippen molar-refractivity contribution in [3.05, 3.63) is 11.8 Å². The molecule has 3 rings (SSSR count). The van der Waals surface area contributed by atoms with E-state index in [1.54, 1.807) is 0 Å². The van der Waals surface area contributed by atoms with Crippen LogP contribution in [0.4, 0.5) is 24.9 Å². The average molecular weight is 403 g/mol. The molecular weight excluding hydrogens is 379 g/mol. The lowest BCUT2D eigenvalue weighted by atomic mass is 10.0. The van der Waals surface area contributed by atoms with Gasteiger partial charge in [0.25, 0.3) is 0 Å². The molecule has 2 saturated heterocycles. The Morgan fingerprint density at radius 1 is 1.33 bits per heavy atom. The first-order valence-corrected chi connectivity index (χ1v) is 9.60. The third kappa shape index (κ3) is 5.65. The predicted octanol–water partition coefficient (Wildman–Crippen LogP) is 3.20. The monoisotopic (exact) mass is 403 g/mol. The maximum Gasteiger partial charge on any atom is 0.433 e. The summed E-state index contributed by atoms with van der Waals surface area (Å²) in [6.07, 6.45) is -0.555. The first kappa shape index (κ1) is 20.1. The standard InChI is InChI=1S/C17H24F3N5OS/c1-11-4-2-6-25(10-11)14-8-13(17(18,19)20)22-15(23-14)24-16(27)21-9-12-5-3-7-26-12/h8,11-12H,2-7,9-10H2,1H3,(H2,21,22,23,24,27)/t11-,12+/m1/s1. The number of piperidine rings is 1. The Morgan fingerprint density at radius 2 is 2.15 bits per heavy atom. The molecule has 27 heavy (non-hydrogen) atoms. The van der Waals surface area contributed by atoms with E-state index in [1.807, 2.05) is 4.90 Å². The van der Waals surface area contributed by atoms with Gasteiger partial charge in [-0.3, -0.25) is 0 Å². The summed E-state index contributed by atoms with van der Waals surface area (Å²) in [5.41, 5.74) is -0.977. The minimum Gasteiger partial charge on any atom is -0.376 e. The minimum atomic E-state index is -4.55. The molecule has 2 aliphatic heterocycles. The van der Waals surface area contributed by atoms with Crippen molar-refractivity contribution in [2.24, 2.45) is 5.92 Å². The second-order valence-electron chi connectivity index (χ2n) is 7.10. The molecule has 3 heterocycles. The topological polar surface area (TPSA) is 62.3 Å². The van der Waals surface area contributed by atoms with Crippen LogP contribution in [-0.4, -0.2) is 47.4 Å². The van der Waals surface area contributed by atoms with Crippen molar-refractivity contribution in [2.45, 2.75) is 44.9 Å². The fourth-order valence-electron chi connectivity index (χ4n) is 3.35. The highest BCUT2D eigenvalue weighted by Gasteiger charge is 2.34. The Balaban J connectivity index is 1.72. The van der Waals surface area contributed by atoms with Crippen LogP contribution < -0.4 is 15.5 Å². The molecule has 0 amide bonds. The number of nitrogens with one attached hydrogen (secondary N) is 2. The number of anilines is 2. The van der Waals surface area contributed by atoms with Gasteiger partial charge in [-0.05, 0) is 43.8 Å². The Labute approximate surface area is 161 Å². The lowest BCUT2D eigenvalue weighted by Crippen LogP contribution is -2.37. The summed E-state index contributed by atoms with van der Waals surface area (Å²) in [5.74, 6) is 0.532. The fraction of sp³-hybridized carbons (Fsp3) is 0.706. The van der Waals surface area contributed by atoms with Crippen LogP contribution in [0.25, 0.3) is 0 Å². The Hall–Kier alpha value is -1.68. The lowest BCUT2D eigenvalue weighted by molar-refractivity contribution is -0.141. The first-order valence-electron chi connectivity index (χ1n) is 9.19. The van der Waals surface area contributed by atoms with Crippen molar-refractivity contribution < 1.29 is 17.9 Å². The fourth-order valence-corrected chi connectivity index (χ4v) is 3.53. The van der Waals surface area contributed by atoms with Crippen molar-refractivity contribution in [2.75, 3.05) is 36.5 Å². The number of alkyl halides is 3. The summed E-state index contributed by atoms with van der Waals surface area (Å²) in [5, 5.41) is 5.83. The molecule has 0 bridgehead atoms. The number of halogens is 3. The molecule has 0 aromatic carbocycles. The van der Waals surface area contributed by atoms with E-state index in [1.165, 1.54) is 0 Å².